The fraction of sp³-hybridized carbons (Fsp3) is 0.714. The third-order valence-corrected chi connectivity index (χ3v) is 2.07. The van der Waals surface area contributed by atoms with Crippen LogP contribution in [0, 0.1) is 11.8 Å². The Morgan fingerprint density at radius 2 is 2.38 bits per heavy atom. The molecule has 0 radical (unpaired) electrons. The molecule has 1 heterocycles. The lowest BCUT2D eigenvalue weighted by Crippen LogP contribution is -2.02. The first-order chi connectivity index (χ1) is 3.97. The maximum atomic E-state index is 5.26. The molecule has 0 aromatic heterocycles. The van der Waals surface area contributed by atoms with Crippen molar-refractivity contribution in [2.45, 2.75) is 6.42 Å². The first-order valence-corrected chi connectivity index (χ1v) is 3.21. The van der Waals surface area contributed by atoms with Gasteiger partial charge in [0.1, 0.15) is 0 Å². The van der Waals surface area contributed by atoms with Crippen molar-refractivity contribution < 1.29 is 4.74 Å². The van der Waals surface area contributed by atoms with Crippen LogP contribution < -0.4 is 0 Å². The molecule has 2 aliphatic rings. The van der Waals surface area contributed by atoms with Gasteiger partial charge in [0.2, 0.25) is 0 Å². The number of fused-ring (bicyclic) bond motifs is 1. The van der Waals surface area contributed by atoms with Crippen LogP contribution in [0.1, 0.15) is 6.42 Å². The molecule has 0 aromatic carbocycles. The average Bonchev–Trinajstić information content (AvgIpc) is 2.15. The monoisotopic (exact) mass is 110 g/mol. The molecule has 1 saturated heterocycles. The van der Waals surface area contributed by atoms with Crippen molar-refractivity contribution in [2.75, 3.05) is 13.2 Å². The van der Waals surface area contributed by atoms with E-state index in [1.165, 1.54) is 6.42 Å². The molecule has 2 rings (SSSR count). The van der Waals surface area contributed by atoms with Crippen LogP contribution in [0.25, 0.3) is 0 Å². The highest BCUT2D eigenvalue weighted by Crippen LogP contribution is 2.30. The number of allylic oxidation sites excluding steroid dienone is 1. The Labute approximate surface area is 49.3 Å². The molecule has 1 aliphatic heterocycles. The van der Waals surface area contributed by atoms with Crippen LogP contribution >= 0.6 is 0 Å². The SMILES string of the molecule is C1=C[C@H]2COC[C@H]2C1. The molecule has 44 valence electrons. The zero-order valence-electron chi connectivity index (χ0n) is 4.84. The summed E-state index contributed by atoms with van der Waals surface area (Å²) in [5, 5.41) is 0. The van der Waals surface area contributed by atoms with Crippen molar-refractivity contribution in [2.24, 2.45) is 11.8 Å². The second-order valence-corrected chi connectivity index (χ2v) is 2.63. The lowest BCUT2D eigenvalue weighted by atomic mass is 10.0. The smallest absolute Gasteiger partial charge is 0.0532 e. The maximum Gasteiger partial charge on any atom is 0.0532 e. The molecular weight excluding hydrogens is 100 g/mol. The Hall–Kier alpha value is -0.300. The van der Waals surface area contributed by atoms with Crippen LogP contribution in [-0.4, -0.2) is 13.2 Å². The van der Waals surface area contributed by atoms with E-state index < -0.39 is 0 Å². The maximum absolute atomic E-state index is 5.26. The van der Waals surface area contributed by atoms with Gasteiger partial charge in [0, 0.05) is 5.92 Å². The number of ether oxygens (including phenoxy) is 1. The average molecular weight is 110 g/mol. The van der Waals surface area contributed by atoms with E-state index in [0.717, 1.165) is 25.0 Å². The van der Waals surface area contributed by atoms with E-state index in [1.807, 2.05) is 0 Å². The summed E-state index contributed by atoms with van der Waals surface area (Å²) < 4.78 is 5.26. The van der Waals surface area contributed by atoms with Gasteiger partial charge >= 0.3 is 0 Å². The van der Waals surface area contributed by atoms with E-state index in [-0.39, 0.29) is 0 Å². The predicted octanol–water partition coefficient (Wildman–Crippen LogP) is 1.21. The summed E-state index contributed by atoms with van der Waals surface area (Å²) in [4.78, 5) is 0. The highest BCUT2D eigenvalue weighted by Gasteiger charge is 2.27. The van der Waals surface area contributed by atoms with Gasteiger partial charge in [0.25, 0.3) is 0 Å². The van der Waals surface area contributed by atoms with Crippen LogP contribution in [0.5, 0.6) is 0 Å². The first-order valence-electron chi connectivity index (χ1n) is 3.21. The molecule has 0 bridgehead atoms. The molecule has 1 fully saturated rings. The van der Waals surface area contributed by atoms with Gasteiger partial charge in [-0.3, -0.25) is 0 Å². The fourth-order valence-corrected chi connectivity index (χ4v) is 1.50. The summed E-state index contributed by atoms with van der Waals surface area (Å²) in [5.74, 6) is 1.62. The third-order valence-electron chi connectivity index (χ3n) is 2.07. The molecule has 1 heteroatoms. The molecule has 0 aromatic rings. The summed E-state index contributed by atoms with van der Waals surface area (Å²) in [7, 11) is 0. The minimum atomic E-state index is 0.773. The van der Waals surface area contributed by atoms with Crippen molar-refractivity contribution >= 4 is 0 Å². The summed E-state index contributed by atoms with van der Waals surface area (Å²) >= 11 is 0. The molecule has 1 nitrogen and oxygen atoms in total. The van der Waals surface area contributed by atoms with Crippen LogP contribution in [0.2, 0.25) is 0 Å². The number of rotatable bonds is 0. The second-order valence-electron chi connectivity index (χ2n) is 2.63. The van der Waals surface area contributed by atoms with Gasteiger partial charge in [-0.25, -0.2) is 0 Å². The molecule has 8 heavy (non-hydrogen) atoms. The summed E-state index contributed by atoms with van der Waals surface area (Å²) in [6, 6.07) is 0. The Bertz CT molecular complexity index is 118. The Morgan fingerprint density at radius 1 is 1.38 bits per heavy atom. The fourth-order valence-electron chi connectivity index (χ4n) is 1.50. The lowest BCUT2D eigenvalue weighted by molar-refractivity contribution is 0.182. The van der Waals surface area contributed by atoms with Gasteiger partial charge in [0.15, 0.2) is 0 Å². The highest BCUT2D eigenvalue weighted by atomic mass is 16.5. The molecule has 0 amide bonds. The summed E-state index contributed by atoms with van der Waals surface area (Å²) in [6.07, 6.45) is 5.82. The molecule has 0 unspecified atom stereocenters. The topological polar surface area (TPSA) is 9.23 Å². The van der Waals surface area contributed by atoms with E-state index in [9.17, 15) is 0 Å². The minimum absolute atomic E-state index is 0.773. The van der Waals surface area contributed by atoms with Crippen LogP contribution in [0.15, 0.2) is 12.2 Å². The van der Waals surface area contributed by atoms with Crippen LogP contribution in [0.3, 0.4) is 0 Å². The second kappa shape index (κ2) is 1.59. The Morgan fingerprint density at radius 3 is 3.25 bits per heavy atom. The van der Waals surface area contributed by atoms with Gasteiger partial charge in [-0.2, -0.15) is 0 Å². The lowest BCUT2D eigenvalue weighted by Gasteiger charge is -2.01. The molecule has 0 spiro atoms. The summed E-state index contributed by atoms with van der Waals surface area (Å²) in [6.45, 7) is 1.97. The van der Waals surface area contributed by atoms with Gasteiger partial charge in [-0.1, -0.05) is 12.2 Å². The quantitative estimate of drug-likeness (QED) is 0.426. The zero-order valence-corrected chi connectivity index (χ0v) is 4.84. The van der Waals surface area contributed by atoms with Crippen molar-refractivity contribution in [3.05, 3.63) is 12.2 Å². The number of hydrogen-bond acceptors (Lipinski definition) is 1. The van der Waals surface area contributed by atoms with Gasteiger partial charge in [0.05, 0.1) is 13.2 Å². The predicted molar refractivity (Wildman–Crippen MR) is 31.6 cm³/mol. The van der Waals surface area contributed by atoms with Crippen molar-refractivity contribution in [3.8, 4) is 0 Å². The highest BCUT2D eigenvalue weighted by molar-refractivity contribution is 5.03. The standard InChI is InChI=1S/C7H10O/c1-2-6-4-8-5-7(6)3-1/h1-2,6-7H,3-5H2/t6-,7+/m0/s1. The normalized spacial score (nSPS) is 43.0. The molecule has 1 aliphatic carbocycles. The Balaban J connectivity index is 2.13. The van der Waals surface area contributed by atoms with Crippen molar-refractivity contribution in [3.63, 3.8) is 0 Å². The third kappa shape index (κ3) is 0.511. The van der Waals surface area contributed by atoms with Crippen molar-refractivity contribution in [1.29, 1.82) is 0 Å². The summed E-state index contributed by atoms with van der Waals surface area (Å²) in [5.41, 5.74) is 0. The van der Waals surface area contributed by atoms with Gasteiger partial charge in [-0.15, -0.1) is 0 Å². The van der Waals surface area contributed by atoms with Crippen LogP contribution in [0.4, 0.5) is 0 Å². The minimum Gasteiger partial charge on any atom is -0.381 e. The van der Waals surface area contributed by atoms with E-state index in [4.69, 9.17) is 4.74 Å². The number of hydrogen-bond donors (Lipinski definition) is 0. The molecule has 0 N–H and O–H groups in total. The largest absolute Gasteiger partial charge is 0.381 e. The Kier molecular flexibility index (Phi) is 0.908. The van der Waals surface area contributed by atoms with Gasteiger partial charge in [-0.05, 0) is 12.3 Å². The molecular formula is C7H10O. The van der Waals surface area contributed by atoms with E-state index in [0.29, 0.717) is 0 Å². The molecule has 2 atom stereocenters. The van der Waals surface area contributed by atoms with E-state index >= 15 is 0 Å². The van der Waals surface area contributed by atoms with E-state index in [2.05, 4.69) is 12.2 Å². The molecule has 0 saturated carbocycles. The van der Waals surface area contributed by atoms with Crippen molar-refractivity contribution in [1.82, 2.24) is 0 Å². The first kappa shape index (κ1) is 4.57. The van der Waals surface area contributed by atoms with E-state index in [1.54, 1.807) is 0 Å². The zero-order chi connectivity index (χ0) is 5.40. The van der Waals surface area contributed by atoms with Gasteiger partial charge < -0.3 is 4.74 Å². The van der Waals surface area contributed by atoms with Crippen LogP contribution in [-0.2, 0) is 4.74 Å².